The average Bonchev–Trinajstić information content (AvgIpc) is 2.18. The van der Waals surface area contributed by atoms with Crippen LogP contribution in [0.2, 0.25) is 0 Å². The van der Waals surface area contributed by atoms with Crippen LogP contribution in [0.25, 0.3) is 0 Å². The van der Waals surface area contributed by atoms with Crippen molar-refractivity contribution in [3.63, 3.8) is 0 Å². The van der Waals surface area contributed by atoms with Crippen molar-refractivity contribution < 1.29 is 13.6 Å². The van der Waals surface area contributed by atoms with Crippen LogP contribution < -0.4 is 11.1 Å². The fraction of sp³-hybridized carbons (Fsp3) is 0.300. The molecule has 0 heterocycles. The van der Waals surface area contributed by atoms with E-state index in [0.717, 1.165) is 6.07 Å². The number of carbonyl (C=O) groups is 1. The van der Waals surface area contributed by atoms with Crippen molar-refractivity contribution in [3.8, 4) is 0 Å². The number of halogens is 2. The number of nitrogens with one attached hydrogen (secondary N) is 1. The monoisotopic (exact) mass is 214 g/mol. The van der Waals surface area contributed by atoms with Crippen molar-refractivity contribution in [1.29, 1.82) is 0 Å². The van der Waals surface area contributed by atoms with Gasteiger partial charge in [-0.15, -0.1) is 0 Å². The number of rotatable bonds is 4. The Bertz CT molecular complexity index is 368. The minimum Gasteiger partial charge on any atom is -0.369 e. The first-order chi connectivity index (χ1) is 7.02. The van der Waals surface area contributed by atoms with Gasteiger partial charge in [0.05, 0.1) is 6.54 Å². The molecule has 1 atom stereocenters. The summed E-state index contributed by atoms with van der Waals surface area (Å²) in [5.41, 5.74) is 5.09. The van der Waals surface area contributed by atoms with Gasteiger partial charge >= 0.3 is 0 Å². The van der Waals surface area contributed by atoms with E-state index in [0.29, 0.717) is 0 Å². The van der Waals surface area contributed by atoms with E-state index in [4.69, 9.17) is 5.73 Å². The second-order valence-corrected chi connectivity index (χ2v) is 3.21. The number of benzene rings is 1. The Labute approximate surface area is 86.3 Å². The van der Waals surface area contributed by atoms with E-state index in [1.165, 1.54) is 12.1 Å². The van der Waals surface area contributed by atoms with E-state index in [-0.39, 0.29) is 12.1 Å². The first-order valence-corrected chi connectivity index (χ1v) is 4.48. The van der Waals surface area contributed by atoms with Gasteiger partial charge in [-0.1, -0.05) is 12.1 Å². The molecule has 0 saturated heterocycles. The van der Waals surface area contributed by atoms with E-state index in [1.807, 2.05) is 0 Å². The molecule has 0 aromatic heterocycles. The number of primary amides is 1. The molecule has 15 heavy (non-hydrogen) atoms. The number of carbonyl (C=O) groups excluding carboxylic acids is 1. The average molecular weight is 214 g/mol. The van der Waals surface area contributed by atoms with Crippen LogP contribution in [0.1, 0.15) is 18.5 Å². The van der Waals surface area contributed by atoms with Gasteiger partial charge in [0.25, 0.3) is 0 Å². The van der Waals surface area contributed by atoms with Crippen molar-refractivity contribution in [3.05, 3.63) is 35.4 Å². The molecular formula is C10H12F2N2O. The highest BCUT2D eigenvalue weighted by molar-refractivity contribution is 5.75. The normalized spacial score (nSPS) is 12.5. The molecule has 0 fully saturated rings. The molecule has 1 rings (SSSR count). The molecule has 0 aliphatic rings. The van der Waals surface area contributed by atoms with Crippen LogP contribution in [0.5, 0.6) is 0 Å². The third kappa shape index (κ3) is 2.99. The fourth-order valence-electron chi connectivity index (χ4n) is 1.22. The molecule has 0 radical (unpaired) electrons. The van der Waals surface area contributed by atoms with Gasteiger partial charge in [0.1, 0.15) is 0 Å². The summed E-state index contributed by atoms with van der Waals surface area (Å²) >= 11 is 0. The molecule has 82 valence electrons. The van der Waals surface area contributed by atoms with Crippen molar-refractivity contribution >= 4 is 5.91 Å². The Morgan fingerprint density at radius 3 is 2.80 bits per heavy atom. The molecule has 1 aromatic carbocycles. The minimum atomic E-state index is -0.903. The van der Waals surface area contributed by atoms with E-state index < -0.39 is 23.6 Å². The van der Waals surface area contributed by atoms with E-state index in [9.17, 15) is 13.6 Å². The number of hydrogen-bond acceptors (Lipinski definition) is 2. The summed E-state index contributed by atoms with van der Waals surface area (Å²) < 4.78 is 26.1. The maximum atomic E-state index is 13.2. The minimum absolute atomic E-state index is 0.0723. The lowest BCUT2D eigenvalue weighted by Gasteiger charge is -2.13. The lowest BCUT2D eigenvalue weighted by Crippen LogP contribution is -2.30. The Morgan fingerprint density at radius 1 is 1.53 bits per heavy atom. The summed E-state index contributed by atoms with van der Waals surface area (Å²) in [5.74, 6) is -2.35. The number of amides is 1. The summed E-state index contributed by atoms with van der Waals surface area (Å²) in [6.45, 7) is 1.55. The fourth-order valence-corrected chi connectivity index (χ4v) is 1.22. The maximum absolute atomic E-state index is 13.2. The maximum Gasteiger partial charge on any atom is 0.231 e. The standard InChI is InChI=1S/C10H12F2N2O/c1-6(14-5-9(13)15)7-3-2-4-8(11)10(7)12/h2-4,6,14H,5H2,1H3,(H2,13,15). The van der Waals surface area contributed by atoms with Crippen LogP contribution in [-0.4, -0.2) is 12.5 Å². The summed E-state index contributed by atoms with van der Waals surface area (Å²) in [6.07, 6.45) is 0. The molecular weight excluding hydrogens is 202 g/mol. The Morgan fingerprint density at radius 2 is 2.20 bits per heavy atom. The topological polar surface area (TPSA) is 55.1 Å². The highest BCUT2D eigenvalue weighted by Crippen LogP contribution is 2.18. The first-order valence-electron chi connectivity index (χ1n) is 4.48. The van der Waals surface area contributed by atoms with Crippen molar-refractivity contribution in [1.82, 2.24) is 5.32 Å². The molecule has 0 bridgehead atoms. The summed E-state index contributed by atoms with van der Waals surface area (Å²) in [5, 5.41) is 2.69. The number of hydrogen-bond donors (Lipinski definition) is 2. The smallest absolute Gasteiger partial charge is 0.231 e. The molecule has 1 unspecified atom stereocenters. The molecule has 0 aliphatic heterocycles. The second kappa shape index (κ2) is 4.84. The van der Waals surface area contributed by atoms with E-state index in [2.05, 4.69) is 5.32 Å². The van der Waals surface area contributed by atoms with Crippen molar-refractivity contribution in [2.75, 3.05) is 6.54 Å². The zero-order valence-electron chi connectivity index (χ0n) is 8.26. The second-order valence-electron chi connectivity index (χ2n) is 3.21. The van der Waals surface area contributed by atoms with Gasteiger partial charge in [0, 0.05) is 11.6 Å². The Hall–Kier alpha value is -1.49. The predicted octanol–water partition coefficient (Wildman–Crippen LogP) is 1.10. The molecule has 0 spiro atoms. The quantitative estimate of drug-likeness (QED) is 0.788. The summed E-state index contributed by atoms with van der Waals surface area (Å²) in [6, 6.07) is 3.44. The van der Waals surface area contributed by atoms with Gasteiger partial charge in [0.2, 0.25) is 5.91 Å². The van der Waals surface area contributed by atoms with Gasteiger partial charge in [0.15, 0.2) is 11.6 Å². The summed E-state index contributed by atoms with van der Waals surface area (Å²) in [7, 11) is 0. The predicted molar refractivity (Wildman–Crippen MR) is 52.0 cm³/mol. The van der Waals surface area contributed by atoms with E-state index in [1.54, 1.807) is 6.92 Å². The van der Waals surface area contributed by atoms with Gasteiger partial charge < -0.3 is 11.1 Å². The lowest BCUT2D eigenvalue weighted by molar-refractivity contribution is -0.117. The van der Waals surface area contributed by atoms with Gasteiger partial charge in [-0.3, -0.25) is 4.79 Å². The zero-order valence-corrected chi connectivity index (χ0v) is 8.26. The van der Waals surface area contributed by atoms with Crippen LogP contribution in [0.15, 0.2) is 18.2 Å². The van der Waals surface area contributed by atoms with Gasteiger partial charge in [-0.2, -0.15) is 0 Å². The largest absolute Gasteiger partial charge is 0.369 e. The zero-order chi connectivity index (χ0) is 11.4. The van der Waals surface area contributed by atoms with Gasteiger partial charge in [-0.05, 0) is 13.0 Å². The van der Waals surface area contributed by atoms with E-state index >= 15 is 0 Å². The molecule has 3 N–H and O–H groups in total. The Balaban J connectivity index is 2.77. The summed E-state index contributed by atoms with van der Waals surface area (Å²) in [4.78, 5) is 10.5. The van der Waals surface area contributed by atoms with Crippen molar-refractivity contribution in [2.24, 2.45) is 5.73 Å². The molecule has 1 amide bonds. The molecule has 5 heteroatoms. The molecule has 0 saturated carbocycles. The third-order valence-electron chi connectivity index (χ3n) is 2.03. The number of nitrogens with two attached hydrogens (primary N) is 1. The highest BCUT2D eigenvalue weighted by Gasteiger charge is 2.13. The highest BCUT2D eigenvalue weighted by atomic mass is 19.2. The first kappa shape index (κ1) is 11.6. The third-order valence-corrected chi connectivity index (χ3v) is 2.03. The lowest BCUT2D eigenvalue weighted by atomic mass is 10.1. The molecule has 3 nitrogen and oxygen atoms in total. The van der Waals surface area contributed by atoms with Crippen LogP contribution in [0, 0.1) is 11.6 Å². The van der Waals surface area contributed by atoms with Gasteiger partial charge in [-0.25, -0.2) is 8.78 Å². The SMILES string of the molecule is CC(NCC(N)=O)c1cccc(F)c1F. The van der Waals surface area contributed by atoms with Crippen LogP contribution in [0.3, 0.4) is 0 Å². The Kier molecular flexibility index (Phi) is 3.74. The van der Waals surface area contributed by atoms with Crippen LogP contribution in [-0.2, 0) is 4.79 Å². The van der Waals surface area contributed by atoms with Crippen molar-refractivity contribution in [2.45, 2.75) is 13.0 Å². The molecule has 1 aromatic rings. The van der Waals surface area contributed by atoms with Crippen LogP contribution >= 0.6 is 0 Å². The van der Waals surface area contributed by atoms with Crippen LogP contribution in [0.4, 0.5) is 8.78 Å². The molecule has 0 aliphatic carbocycles.